The lowest BCUT2D eigenvalue weighted by molar-refractivity contribution is 0.372. The molecule has 0 aromatic heterocycles. The van der Waals surface area contributed by atoms with Crippen molar-refractivity contribution in [3.8, 4) is 11.8 Å². The highest BCUT2D eigenvalue weighted by Gasteiger charge is 2.14. The van der Waals surface area contributed by atoms with Crippen LogP contribution in [0.15, 0.2) is 47.5 Å². The molecular formula is C16H12N2O. The van der Waals surface area contributed by atoms with Gasteiger partial charge < -0.3 is 4.74 Å². The molecule has 3 heteroatoms. The Balaban J connectivity index is 1.98. The Morgan fingerprint density at radius 2 is 1.95 bits per heavy atom. The molecule has 2 aromatic carbocycles. The van der Waals surface area contributed by atoms with Crippen LogP contribution in [0.3, 0.4) is 0 Å². The van der Waals surface area contributed by atoms with E-state index >= 15 is 0 Å². The van der Waals surface area contributed by atoms with Crippen LogP contribution in [0.1, 0.15) is 16.7 Å². The first-order valence-corrected chi connectivity index (χ1v) is 6.08. The summed E-state index contributed by atoms with van der Waals surface area (Å²) in [5.74, 6) is 0.831. The van der Waals surface area contributed by atoms with E-state index in [0.717, 1.165) is 28.3 Å². The third-order valence-electron chi connectivity index (χ3n) is 3.08. The molecule has 0 aliphatic carbocycles. The van der Waals surface area contributed by atoms with Crippen LogP contribution >= 0.6 is 0 Å². The maximum atomic E-state index is 8.79. The van der Waals surface area contributed by atoms with Gasteiger partial charge in [0.05, 0.1) is 17.3 Å². The molecule has 0 saturated heterocycles. The Hall–Kier alpha value is -2.60. The largest absolute Gasteiger partial charge is 0.485 e. The van der Waals surface area contributed by atoms with E-state index < -0.39 is 0 Å². The first-order chi connectivity index (χ1) is 9.26. The number of aryl methyl sites for hydroxylation is 1. The minimum atomic E-state index is 0.461. The number of fused-ring (bicyclic) bond motifs is 1. The second kappa shape index (κ2) is 4.58. The third-order valence-corrected chi connectivity index (χ3v) is 3.08. The van der Waals surface area contributed by atoms with Crippen LogP contribution in [-0.4, -0.2) is 12.3 Å². The fourth-order valence-corrected chi connectivity index (χ4v) is 2.04. The second-order valence-electron chi connectivity index (χ2n) is 4.51. The van der Waals surface area contributed by atoms with Gasteiger partial charge in [0.25, 0.3) is 0 Å². The van der Waals surface area contributed by atoms with Crippen LogP contribution in [0, 0.1) is 18.3 Å². The van der Waals surface area contributed by atoms with Gasteiger partial charge >= 0.3 is 0 Å². The number of nitrogens with zero attached hydrogens (tertiary/aromatic N) is 2. The molecule has 0 spiro atoms. The molecule has 1 aliphatic rings. The molecule has 92 valence electrons. The van der Waals surface area contributed by atoms with Crippen LogP contribution in [0.4, 0.5) is 5.69 Å². The van der Waals surface area contributed by atoms with Crippen molar-refractivity contribution in [2.45, 2.75) is 6.92 Å². The molecule has 0 saturated carbocycles. The Labute approximate surface area is 111 Å². The third kappa shape index (κ3) is 2.21. The topological polar surface area (TPSA) is 45.4 Å². The molecule has 0 atom stereocenters. The van der Waals surface area contributed by atoms with Gasteiger partial charge in [0.15, 0.2) is 0 Å². The fraction of sp³-hybridized carbons (Fsp3) is 0.125. The zero-order valence-corrected chi connectivity index (χ0v) is 10.6. The molecule has 0 radical (unpaired) electrons. The summed E-state index contributed by atoms with van der Waals surface area (Å²) >= 11 is 0. The normalized spacial score (nSPS) is 12.9. The predicted molar refractivity (Wildman–Crippen MR) is 74.0 cm³/mol. The summed E-state index contributed by atoms with van der Waals surface area (Å²) in [6, 6.07) is 15.5. The highest BCUT2D eigenvalue weighted by molar-refractivity contribution is 6.04. The molecule has 3 rings (SSSR count). The minimum Gasteiger partial charge on any atom is -0.485 e. The quantitative estimate of drug-likeness (QED) is 0.776. The highest BCUT2D eigenvalue weighted by Crippen LogP contribution is 2.32. The van der Waals surface area contributed by atoms with Crippen molar-refractivity contribution in [3.63, 3.8) is 0 Å². The van der Waals surface area contributed by atoms with Crippen LogP contribution in [0.2, 0.25) is 0 Å². The molecule has 2 aromatic rings. The van der Waals surface area contributed by atoms with Gasteiger partial charge in [-0.3, -0.25) is 0 Å². The fourth-order valence-electron chi connectivity index (χ4n) is 2.04. The lowest BCUT2D eigenvalue weighted by Gasteiger charge is -2.17. The minimum absolute atomic E-state index is 0.461. The van der Waals surface area contributed by atoms with Crippen molar-refractivity contribution in [2.75, 3.05) is 6.61 Å². The second-order valence-corrected chi connectivity index (χ2v) is 4.51. The average Bonchev–Trinajstić information content (AvgIpc) is 2.47. The van der Waals surface area contributed by atoms with Crippen LogP contribution < -0.4 is 4.74 Å². The summed E-state index contributed by atoms with van der Waals surface area (Å²) in [5, 5.41) is 8.79. The van der Waals surface area contributed by atoms with E-state index in [4.69, 9.17) is 10.00 Å². The number of hydrogen-bond acceptors (Lipinski definition) is 3. The highest BCUT2D eigenvalue weighted by atomic mass is 16.5. The van der Waals surface area contributed by atoms with Gasteiger partial charge in [-0.25, -0.2) is 4.99 Å². The molecule has 0 fully saturated rings. The number of rotatable bonds is 1. The zero-order valence-electron chi connectivity index (χ0n) is 10.6. The van der Waals surface area contributed by atoms with Crippen LogP contribution in [-0.2, 0) is 0 Å². The molecule has 1 aliphatic heterocycles. The van der Waals surface area contributed by atoms with E-state index in [2.05, 4.69) is 11.1 Å². The molecule has 3 nitrogen and oxygen atoms in total. The number of benzene rings is 2. The summed E-state index contributed by atoms with van der Waals surface area (Å²) in [6.45, 7) is 2.49. The first-order valence-electron chi connectivity index (χ1n) is 6.08. The standard InChI is InChI=1S/C16H12N2O/c1-11-2-7-14-16(8-11)19-10-15(18-14)13-5-3-12(9-17)4-6-13/h2-8H,10H2,1H3. The molecule has 0 bridgehead atoms. The number of nitriles is 1. The van der Waals surface area contributed by atoms with Crippen molar-refractivity contribution >= 4 is 11.4 Å². The lowest BCUT2D eigenvalue weighted by atomic mass is 10.1. The van der Waals surface area contributed by atoms with Crippen molar-refractivity contribution in [3.05, 3.63) is 59.2 Å². The van der Waals surface area contributed by atoms with Gasteiger partial charge in [-0.1, -0.05) is 18.2 Å². The van der Waals surface area contributed by atoms with Gasteiger partial charge in [-0.05, 0) is 42.3 Å². The summed E-state index contributed by atoms with van der Waals surface area (Å²) in [6.07, 6.45) is 0. The summed E-state index contributed by atoms with van der Waals surface area (Å²) in [5.41, 5.74) is 4.55. The molecule has 0 amide bonds. The van der Waals surface area contributed by atoms with Crippen molar-refractivity contribution < 1.29 is 4.74 Å². The Kier molecular flexibility index (Phi) is 2.77. The smallest absolute Gasteiger partial charge is 0.145 e. The van der Waals surface area contributed by atoms with Crippen molar-refractivity contribution in [1.82, 2.24) is 0 Å². The Bertz CT molecular complexity index is 694. The van der Waals surface area contributed by atoms with Crippen molar-refractivity contribution in [2.24, 2.45) is 4.99 Å². The summed E-state index contributed by atoms with van der Waals surface area (Å²) < 4.78 is 5.73. The SMILES string of the molecule is Cc1ccc2c(c1)OCC(c1ccc(C#N)cc1)=N2. The molecule has 1 heterocycles. The van der Waals surface area contributed by atoms with Gasteiger partial charge in [-0.2, -0.15) is 5.26 Å². The number of aliphatic imine (C=N–C) groups is 1. The maximum Gasteiger partial charge on any atom is 0.145 e. The number of ether oxygens (including phenoxy) is 1. The van der Waals surface area contributed by atoms with Gasteiger partial charge in [0, 0.05) is 0 Å². The van der Waals surface area contributed by atoms with E-state index in [1.807, 2.05) is 37.3 Å². The maximum absolute atomic E-state index is 8.79. The molecule has 0 unspecified atom stereocenters. The zero-order chi connectivity index (χ0) is 13.2. The lowest BCUT2D eigenvalue weighted by Crippen LogP contribution is -2.16. The van der Waals surface area contributed by atoms with E-state index in [9.17, 15) is 0 Å². The van der Waals surface area contributed by atoms with Gasteiger partial charge in [-0.15, -0.1) is 0 Å². The monoisotopic (exact) mass is 248 g/mol. The van der Waals surface area contributed by atoms with E-state index in [1.165, 1.54) is 0 Å². The Morgan fingerprint density at radius 1 is 1.16 bits per heavy atom. The summed E-state index contributed by atoms with van der Waals surface area (Å²) in [4.78, 5) is 4.62. The number of hydrogen-bond donors (Lipinski definition) is 0. The van der Waals surface area contributed by atoms with E-state index in [-0.39, 0.29) is 0 Å². The summed E-state index contributed by atoms with van der Waals surface area (Å²) in [7, 11) is 0. The van der Waals surface area contributed by atoms with Crippen molar-refractivity contribution in [1.29, 1.82) is 5.26 Å². The Morgan fingerprint density at radius 3 is 2.68 bits per heavy atom. The van der Waals surface area contributed by atoms with E-state index in [1.54, 1.807) is 12.1 Å². The van der Waals surface area contributed by atoms with Gasteiger partial charge in [0.1, 0.15) is 18.0 Å². The van der Waals surface area contributed by atoms with E-state index in [0.29, 0.717) is 12.2 Å². The van der Waals surface area contributed by atoms with Crippen LogP contribution in [0.5, 0.6) is 5.75 Å². The predicted octanol–water partition coefficient (Wildman–Crippen LogP) is 3.38. The molecule has 19 heavy (non-hydrogen) atoms. The molecule has 0 N–H and O–H groups in total. The van der Waals surface area contributed by atoms with Crippen LogP contribution in [0.25, 0.3) is 0 Å². The first kappa shape index (κ1) is 11.5. The van der Waals surface area contributed by atoms with Gasteiger partial charge in [0.2, 0.25) is 0 Å². The molecular weight excluding hydrogens is 236 g/mol. The average molecular weight is 248 g/mol.